The summed E-state index contributed by atoms with van der Waals surface area (Å²) >= 11 is 0. The minimum absolute atomic E-state index is 0.0390. The molecule has 178 valence electrons. The molecule has 0 heterocycles. The fourth-order valence-electron chi connectivity index (χ4n) is 3.36. The van der Waals surface area contributed by atoms with E-state index in [4.69, 9.17) is 9.47 Å². The number of carbonyl (C=O) groups excluding carboxylic acids is 2. The summed E-state index contributed by atoms with van der Waals surface area (Å²) in [5.41, 5.74) is 0. The zero-order chi connectivity index (χ0) is 22.5. The van der Waals surface area contributed by atoms with Crippen LogP contribution in [0.1, 0.15) is 124 Å². The van der Waals surface area contributed by atoms with Crippen molar-refractivity contribution in [3.63, 3.8) is 0 Å². The van der Waals surface area contributed by atoms with E-state index < -0.39 is 12.1 Å². The van der Waals surface area contributed by atoms with Crippen LogP contribution >= 0.6 is 0 Å². The summed E-state index contributed by atoms with van der Waals surface area (Å²) in [6.07, 6.45) is 18.0. The van der Waals surface area contributed by atoms with Gasteiger partial charge in [-0.2, -0.15) is 0 Å². The standard InChI is InChI=1S/C25H49NO4/c1-5-7-9-10-11-12-13-14-15-16-17-18-19-21-29-24(27)23(22(3)4)26-25(28)30-20-8-6-2/h22-23H,5-21H2,1-4H3,(H,26,28). The van der Waals surface area contributed by atoms with Gasteiger partial charge in [-0.05, 0) is 18.8 Å². The Morgan fingerprint density at radius 2 is 1.07 bits per heavy atom. The maximum Gasteiger partial charge on any atom is 0.407 e. The first-order valence-electron chi connectivity index (χ1n) is 12.6. The maximum absolute atomic E-state index is 12.3. The van der Waals surface area contributed by atoms with E-state index in [0.717, 1.165) is 25.7 Å². The first-order chi connectivity index (χ1) is 14.5. The molecule has 0 spiro atoms. The van der Waals surface area contributed by atoms with Crippen LogP contribution in [0.25, 0.3) is 0 Å². The molecule has 0 radical (unpaired) electrons. The summed E-state index contributed by atoms with van der Waals surface area (Å²) in [5.74, 6) is -0.403. The highest BCUT2D eigenvalue weighted by molar-refractivity contribution is 5.81. The number of hydrogen-bond donors (Lipinski definition) is 1. The van der Waals surface area contributed by atoms with E-state index in [9.17, 15) is 9.59 Å². The lowest BCUT2D eigenvalue weighted by molar-refractivity contribution is -0.147. The summed E-state index contributed by atoms with van der Waals surface area (Å²) < 4.78 is 10.5. The van der Waals surface area contributed by atoms with Gasteiger partial charge in [0.25, 0.3) is 0 Å². The van der Waals surface area contributed by atoms with Crippen molar-refractivity contribution in [1.82, 2.24) is 5.32 Å². The quantitative estimate of drug-likeness (QED) is 0.165. The van der Waals surface area contributed by atoms with Gasteiger partial charge in [0.05, 0.1) is 13.2 Å². The van der Waals surface area contributed by atoms with E-state index in [1.54, 1.807) is 0 Å². The summed E-state index contributed by atoms with van der Waals surface area (Å²) in [5, 5.41) is 2.64. The SMILES string of the molecule is CCCCCCCCCCCCCCCOC(=O)C(NC(=O)OCCCC)C(C)C. The van der Waals surface area contributed by atoms with Crippen LogP contribution in [0, 0.1) is 5.92 Å². The van der Waals surface area contributed by atoms with Gasteiger partial charge in [0.1, 0.15) is 6.04 Å². The van der Waals surface area contributed by atoms with Crippen molar-refractivity contribution in [2.75, 3.05) is 13.2 Å². The molecular formula is C25H49NO4. The third-order valence-corrected chi connectivity index (χ3v) is 5.42. The second-order valence-corrected chi connectivity index (χ2v) is 8.77. The van der Waals surface area contributed by atoms with Gasteiger partial charge in [0, 0.05) is 0 Å². The monoisotopic (exact) mass is 427 g/mol. The van der Waals surface area contributed by atoms with E-state index in [1.165, 1.54) is 70.6 Å². The molecule has 1 amide bonds. The molecule has 0 aliphatic carbocycles. The van der Waals surface area contributed by atoms with Crippen LogP contribution in [0.5, 0.6) is 0 Å². The fourth-order valence-corrected chi connectivity index (χ4v) is 3.36. The Labute approximate surface area is 186 Å². The Morgan fingerprint density at radius 3 is 1.53 bits per heavy atom. The molecule has 5 nitrogen and oxygen atoms in total. The topological polar surface area (TPSA) is 64.6 Å². The average Bonchev–Trinajstić information content (AvgIpc) is 2.72. The van der Waals surface area contributed by atoms with Crippen LogP contribution in [0.15, 0.2) is 0 Å². The molecule has 0 saturated heterocycles. The number of esters is 1. The van der Waals surface area contributed by atoms with Crippen molar-refractivity contribution in [1.29, 1.82) is 0 Å². The molecule has 5 heteroatoms. The number of ether oxygens (including phenoxy) is 2. The van der Waals surface area contributed by atoms with Gasteiger partial charge in [-0.3, -0.25) is 0 Å². The highest BCUT2D eigenvalue weighted by Gasteiger charge is 2.26. The summed E-state index contributed by atoms with van der Waals surface area (Å²) in [4.78, 5) is 24.1. The number of nitrogens with one attached hydrogen (secondary N) is 1. The third-order valence-electron chi connectivity index (χ3n) is 5.42. The van der Waals surface area contributed by atoms with Crippen LogP contribution in [-0.2, 0) is 14.3 Å². The van der Waals surface area contributed by atoms with Crippen molar-refractivity contribution in [3.8, 4) is 0 Å². The van der Waals surface area contributed by atoms with Gasteiger partial charge in [-0.25, -0.2) is 9.59 Å². The predicted octanol–water partition coefficient (Wildman–Crippen LogP) is 7.17. The van der Waals surface area contributed by atoms with Crippen molar-refractivity contribution >= 4 is 12.1 Å². The van der Waals surface area contributed by atoms with Crippen molar-refractivity contribution < 1.29 is 19.1 Å². The van der Waals surface area contributed by atoms with E-state index in [0.29, 0.717) is 13.2 Å². The Balaban J connectivity index is 3.66. The summed E-state index contributed by atoms with van der Waals surface area (Å²) in [7, 11) is 0. The zero-order valence-electron chi connectivity index (χ0n) is 20.3. The minimum atomic E-state index is -0.652. The second-order valence-electron chi connectivity index (χ2n) is 8.77. The molecular weight excluding hydrogens is 378 g/mol. The lowest BCUT2D eigenvalue weighted by Crippen LogP contribution is -2.45. The van der Waals surface area contributed by atoms with Gasteiger partial charge in [-0.1, -0.05) is 111 Å². The highest BCUT2D eigenvalue weighted by Crippen LogP contribution is 2.13. The molecule has 1 atom stereocenters. The Hall–Kier alpha value is -1.26. The van der Waals surface area contributed by atoms with Crippen LogP contribution in [0.3, 0.4) is 0 Å². The first-order valence-corrected chi connectivity index (χ1v) is 12.6. The summed E-state index contributed by atoms with van der Waals surface area (Å²) in [6, 6.07) is -0.652. The van der Waals surface area contributed by atoms with E-state index in [2.05, 4.69) is 12.2 Å². The first kappa shape index (κ1) is 28.7. The minimum Gasteiger partial charge on any atom is -0.464 e. The average molecular weight is 428 g/mol. The number of amides is 1. The number of hydrogen-bond acceptors (Lipinski definition) is 4. The van der Waals surface area contributed by atoms with Crippen LogP contribution < -0.4 is 5.32 Å². The fraction of sp³-hybridized carbons (Fsp3) is 0.920. The molecule has 0 fully saturated rings. The molecule has 1 N–H and O–H groups in total. The van der Waals surface area contributed by atoms with E-state index in [1.807, 2.05) is 20.8 Å². The normalized spacial score (nSPS) is 12.0. The Kier molecular flexibility index (Phi) is 20.1. The molecule has 0 aliphatic heterocycles. The van der Waals surface area contributed by atoms with Crippen LogP contribution in [0.2, 0.25) is 0 Å². The zero-order valence-corrected chi connectivity index (χ0v) is 20.3. The number of rotatable bonds is 20. The van der Waals surface area contributed by atoms with Crippen molar-refractivity contribution in [2.24, 2.45) is 5.92 Å². The van der Waals surface area contributed by atoms with Gasteiger partial charge in [0.15, 0.2) is 0 Å². The van der Waals surface area contributed by atoms with E-state index in [-0.39, 0.29) is 11.9 Å². The van der Waals surface area contributed by atoms with Crippen LogP contribution in [0.4, 0.5) is 4.79 Å². The molecule has 0 saturated carbocycles. The Bertz CT molecular complexity index is 412. The largest absolute Gasteiger partial charge is 0.464 e. The predicted molar refractivity (Wildman–Crippen MR) is 125 cm³/mol. The lowest BCUT2D eigenvalue weighted by atomic mass is 10.0. The van der Waals surface area contributed by atoms with Gasteiger partial charge in [-0.15, -0.1) is 0 Å². The number of alkyl carbamates (subject to hydrolysis) is 1. The number of carbonyl (C=O) groups is 2. The molecule has 30 heavy (non-hydrogen) atoms. The molecule has 0 rings (SSSR count). The molecule has 0 aromatic carbocycles. The van der Waals surface area contributed by atoms with E-state index >= 15 is 0 Å². The molecule has 0 aliphatic rings. The number of unbranched alkanes of at least 4 members (excludes halogenated alkanes) is 13. The molecule has 0 aromatic rings. The van der Waals surface area contributed by atoms with Crippen molar-refractivity contribution in [3.05, 3.63) is 0 Å². The molecule has 0 aromatic heterocycles. The summed E-state index contributed by atoms with van der Waals surface area (Å²) in [6.45, 7) is 8.88. The lowest BCUT2D eigenvalue weighted by Gasteiger charge is -2.20. The van der Waals surface area contributed by atoms with Gasteiger partial charge < -0.3 is 14.8 Å². The van der Waals surface area contributed by atoms with Crippen LogP contribution in [-0.4, -0.2) is 31.3 Å². The van der Waals surface area contributed by atoms with Gasteiger partial charge in [0.2, 0.25) is 0 Å². The van der Waals surface area contributed by atoms with Crippen molar-refractivity contribution in [2.45, 2.75) is 130 Å². The molecule has 0 bridgehead atoms. The Morgan fingerprint density at radius 1 is 0.633 bits per heavy atom. The second kappa shape index (κ2) is 21.0. The highest BCUT2D eigenvalue weighted by atomic mass is 16.6. The maximum atomic E-state index is 12.3. The third kappa shape index (κ3) is 17.6. The smallest absolute Gasteiger partial charge is 0.407 e. The van der Waals surface area contributed by atoms with Gasteiger partial charge >= 0.3 is 12.1 Å². The molecule has 1 unspecified atom stereocenters.